The number of nitro groups is 1. The van der Waals surface area contributed by atoms with Crippen molar-refractivity contribution < 1.29 is 14.2 Å². The molecule has 4 rings (SSSR count). The molecule has 160 valence electrons. The van der Waals surface area contributed by atoms with Crippen LogP contribution >= 0.6 is 11.6 Å². The van der Waals surface area contributed by atoms with Gasteiger partial charge in [-0.2, -0.15) is 4.98 Å². The van der Waals surface area contributed by atoms with Crippen LogP contribution in [0.3, 0.4) is 0 Å². The average molecular weight is 443 g/mol. The van der Waals surface area contributed by atoms with Gasteiger partial charge in [0, 0.05) is 68.1 Å². The number of nitrogens with zero attached hydrogens (tertiary/aromatic N) is 6. The van der Waals surface area contributed by atoms with Gasteiger partial charge in [-0.3, -0.25) is 19.9 Å². The fourth-order valence-electron chi connectivity index (χ4n) is 3.45. The maximum atomic E-state index is 12.6. The van der Waals surface area contributed by atoms with Crippen LogP contribution in [0.4, 0.5) is 11.4 Å². The molecule has 0 N–H and O–H groups in total. The van der Waals surface area contributed by atoms with Gasteiger partial charge in [0.1, 0.15) is 5.69 Å². The summed E-state index contributed by atoms with van der Waals surface area (Å²) in [5.41, 5.74) is 1.22. The lowest BCUT2D eigenvalue weighted by molar-refractivity contribution is -0.384. The fourth-order valence-corrected chi connectivity index (χ4v) is 3.61. The minimum absolute atomic E-state index is 0.0219. The summed E-state index contributed by atoms with van der Waals surface area (Å²) in [5.74, 6) is 0.808. The third kappa shape index (κ3) is 4.80. The molecule has 1 aromatic carbocycles. The number of hydrogen-bond acceptors (Lipinski definition) is 8. The van der Waals surface area contributed by atoms with E-state index >= 15 is 0 Å². The molecular formula is C20H19ClN6O4. The van der Waals surface area contributed by atoms with Crippen molar-refractivity contribution >= 4 is 28.9 Å². The van der Waals surface area contributed by atoms with Crippen LogP contribution < -0.4 is 4.90 Å². The van der Waals surface area contributed by atoms with Crippen molar-refractivity contribution in [1.82, 2.24) is 20.0 Å². The monoisotopic (exact) mass is 442 g/mol. The molecule has 1 aliphatic rings. The molecule has 0 unspecified atom stereocenters. The number of nitro benzene ring substituents is 1. The van der Waals surface area contributed by atoms with Crippen molar-refractivity contribution in [3.63, 3.8) is 0 Å². The smallest absolute Gasteiger partial charge is 0.294 e. The lowest BCUT2D eigenvalue weighted by Gasteiger charge is -2.35. The second-order valence-electron chi connectivity index (χ2n) is 7.01. The highest BCUT2D eigenvalue weighted by Crippen LogP contribution is 2.31. The number of aromatic nitrogens is 3. The van der Waals surface area contributed by atoms with Crippen molar-refractivity contribution in [3.05, 3.63) is 63.8 Å². The Labute approximate surface area is 182 Å². The largest absolute Gasteiger partial charge is 0.362 e. The molecule has 0 radical (unpaired) electrons. The highest BCUT2D eigenvalue weighted by Gasteiger charge is 2.26. The standard InChI is InChI=1S/C20H19ClN6O4/c21-15-3-4-16(17(12-15)27(29)30)25-8-10-26(11-9-25)19(28)6-5-18-23-20(24-31-18)14-2-1-7-22-13-14/h1-4,7,12-13H,5-6,8-11H2. The number of carbonyl (C=O) groups is 1. The molecule has 1 saturated heterocycles. The van der Waals surface area contributed by atoms with E-state index in [-0.39, 0.29) is 18.0 Å². The number of aryl methyl sites for hydroxylation is 1. The highest BCUT2D eigenvalue weighted by atomic mass is 35.5. The van der Waals surface area contributed by atoms with Gasteiger partial charge in [-0.25, -0.2) is 0 Å². The molecule has 0 spiro atoms. The maximum absolute atomic E-state index is 12.6. The van der Waals surface area contributed by atoms with Gasteiger partial charge in [-0.05, 0) is 24.3 Å². The molecule has 31 heavy (non-hydrogen) atoms. The number of rotatable bonds is 6. The first-order valence-corrected chi connectivity index (χ1v) is 10.1. The zero-order valence-electron chi connectivity index (χ0n) is 16.5. The van der Waals surface area contributed by atoms with E-state index in [1.165, 1.54) is 6.07 Å². The molecule has 0 atom stereocenters. The first-order chi connectivity index (χ1) is 15.0. The molecule has 1 aliphatic heterocycles. The molecule has 0 bridgehead atoms. The number of piperazine rings is 1. The number of halogens is 1. The van der Waals surface area contributed by atoms with E-state index < -0.39 is 4.92 Å². The molecule has 0 saturated carbocycles. The summed E-state index contributed by atoms with van der Waals surface area (Å²) in [6.45, 7) is 1.95. The Morgan fingerprint density at radius 3 is 2.74 bits per heavy atom. The molecule has 3 heterocycles. The van der Waals surface area contributed by atoms with Crippen LogP contribution in [0.5, 0.6) is 0 Å². The molecule has 1 fully saturated rings. The Balaban J connectivity index is 1.31. The van der Waals surface area contributed by atoms with E-state index in [0.29, 0.717) is 55.0 Å². The molecular weight excluding hydrogens is 424 g/mol. The van der Waals surface area contributed by atoms with E-state index in [1.807, 2.05) is 11.0 Å². The Hall–Kier alpha value is -3.53. The van der Waals surface area contributed by atoms with Crippen LogP contribution in [0.2, 0.25) is 5.02 Å². The minimum Gasteiger partial charge on any atom is -0.362 e. The summed E-state index contributed by atoms with van der Waals surface area (Å²) in [4.78, 5) is 35.5. The number of amides is 1. The van der Waals surface area contributed by atoms with E-state index in [9.17, 15) is 14.9 Å². The summed E-state index contributed by atoms with van der Waals surface area (Å²) in [7, 11) is 0. The van der Waals surface area contributed by atoms with Gasteiger partial charge in [0.25, 0.3) is 5.69 Å². The van der Waals surface area contributed by atoms with E-state index in [0.717, 1.165) is 5.56 Å². The summed E-state index contributed by atoms with van der Waals surface area (Å²) in [5, 5.41) is 15.6. The zero-order valence-corrected chi connectivity index (χ0v) is 17.2. The molecule has 1 amide bonds. The van der Waals surface area contributed by atoms with E-state index in [4.69, 9.17) is 16.1 Å². The minimum atomic E-state index is -0.442. The zero-order chi connectivity index (χ0) is 21.8. The van der Waals surface area contributed by atoms with Crippen LogP contribution in [0, 0.1) is 10.1 Å². The highest BCUT2D eigenvalue weighted by molar-refractivity contribution is 6.30. The number of hydrogen-bond donors (Lipinski definition) is 0. The fraction of sp³-hybridized carbons (Fsp3) is 0.300. The summed E-state index contributed by atoms with van der Waals surface area (Å²) >= 11 is 5.89. The van der Waals surface area contributed by atoms with Crippen LogP contribution in [0.1, 0.15) is 12.3 Å². The quantitative estimate of drug-likeness (QED) is 0.422. The van der Waals surface area contributed by atoms with Crippen molar-refractivity contribution in [1.29, 1.82) is 0 Å². The predicted molar refractivity (Wildman–Crippen MR) is 113 cm³/mol. The average Bonchev–Trinajstić information content (AvgIpc) is 3.27. The van der Waals surface area contributed by atoms with Gasteiger partial charge in [-0.15, -0.1) is 0 Å². The van der Waals surface area contributed by atoms with Gasteiger partial charge >= 0.3 is 0 Å². The van der Waals surface area contributed by atoms with Crippen LogP contribution in [0.15, 0.2) is 47.2 Å². The number of benzene rings is 1. The lowest BCUT2D eigenvalue weighted by Crippen LogP contribution is -2.49. The molecule has 2 aromatic heterocycles. The number of pyridine rings is 1. The van der Waals surface area contributed by atoms with Gasteiger partial charge in [0.2, 0.25) is 17.6 Å². The Kier molecular flexibility index (Phi) is 6.08. The van der Waals surface area contributed by atoms with E-state index in [1.54, 1.807) is 35.5 Å². The van der Waals surface area contributed by atoms with Gasteiger partial charge in [-0.1, -0.05) is 16.8 Å². The van der Waals surface area contributed by atoms with Crippen molar-refractivity contribution in [2.75, 3.05) is 31.1 Å². The Bertz CT molecular complexity index is 1080. The van der Waals surface area contributed by atoms with Crippen LogP contribution in [-0.2, 0) is 11.2 Å². The summed E-state index contributed by atoms with van der Waals surface area (Å²) in [6, 6.07) is 8.24. The molecule has 10 nitrogen and oxygen atoms in total. The normalized spacial score (nSPS) is 14.0. The third-order valence-electron chi connectivity index (χ3n) is 5.05. The number of anilines is 1. The maximum Gasteiger partial charge on any atom is 0.294 e. The Morgan fingerprint density at radius 1 is 1.23 bits per heavy atom. The van der Waals surface area contributed by atoms with E-state index in [2.05, 4.69) is 15.1 Å². The topological polar surface area (TPSA) is 118 Å². The first kappa shape index (κ1) is 20.7. The Morgan fingerprint density at radius 2 is 2.03 bits per heavy atom. The first-order valence-electron chi connectivity index (χ1n) is 9.71. The summed E-state index contributed by atoms with van der Waals surface area (Å²) in [6.07, 6.45) is 3.89. The molecule has 3 aromatic rings. The van der Waals surface area contributed by atoms with Gasteiger partial charge in [0.15, 0.2) is 0 Å². The van der Waals surface area contributed by atoms with Crippen LogP contribution in [0.25, 0.3) is 11.4 Å². The summed E-state index contributed by atoms with van der Waals surface area (Å²) < 4.78 is 5.23. The number of carbonyl (C=O) groups excluding carboxylic acids is 1. The lowest BCUT2D eigenvalue weighted by atomic mass is 10.2. The van der Waals surface area contributed by atoms with Crippen molar-refractivity contribution in [2.24, 2.45) is 0 Å². The predicted octanol–water partition coefficient (Wildman–Crippen LogP) is 2.97. The van der Waals surface area contributed by atoms with Crippen molar-refractivity contribution in [2.45, 2.75) is 12.8 Å². The molecule has 11 heteroatoms. The molecule has 0 aliphatic carbocycles. The second kappa shape index (κ2) is 9.09. The van der Waals surface area contributed by atoms with Crippen molar-refractivity contribution in [3.8, 4) is 11.4 Å². The van der Waals surface area contributed by atoms with Crippen LogP contribution in [-0.4, -0.2) is 57.0 Å². The second-order valence-corrected chi connectivity index (χ2v) is 7.45. The third-order valence-corrected chi connectivity index (χ3v) is 5.28. The van der Waals surface area contributed by atoms with Gasteiger partial charge in [0.05, 0.1) is 4.92 Å². The van der Waals surface area contributed by atoms with Gasteiger partial charge < -0.3 is 14.3 Å². The SMILES string of the molecule is O=C(CCc1nc(-c2cccnc2)no1)N1CCN(c2ccc(Cl)cc2[N+](=O)[O-])CC1.